The van der Waals surface area contributed by atoms with E-state index in [0.717, 1.165) is 93.6 Å². The van der Waals surface area contributed by atoms with E-state index in [0.29, 0.717) is 17.5 Å². The van der Waals surface area contributed by atoms with Crippen LogP contribution >= 0.6 is 0 Å². The highest BCUT2D eigenvalue weighted by Crippen LogP contribution is 2.40. The Morgan fingerprint density at radius 2 is 0.907 bits per heavy atom. The molecule has 0 saturated heterocycles. The van der Waals surface area contributed by atoms with E-state index in [1.54, 1.807) is 0 Å². The molecule has 0 fully saturated rings. The summed E-state index contributed by atoms with van der Waals surface area (Å²) in [6, 6.07) is 60.4. The van der Waals surface area contributed by atoms with Gasteiger partial charge in [-0.05, 0) is 70.1 Å². The Kier molecular flexibility index (Phi) is 6.79. The fourth-order valence-electron chi connectivity index (χ4n) is 7.66. The van der Waals surface area contributed by atoms with Crippen molar-refractivity contribution in [2.75, 3.05) is 0 Å². The second-order valence-corrected chi connectivity index (χ2v) is 13.6. The molecule has 252 valence electrons. The minimum atomic E-state index is 0.573. The van der Waals surface area contributed by atoms with Crippen molar-refractivity contribution in [2.24, 2.45) is 0 Å². The van der Waals surface area contributed by atoms with E-state index in [2.05, 4.69) is 127 Å². The molecule has 0 saturated carbocycles. The first-order valence-electron chi connectivity index (χ1n) is 18.0. The van der Waals surface area contributed by atoms with Crippen molar-refractivity contribution >= 4 is 54.6 Å². The summed E-state index contributed by atoms with van der Waals surface area (Å²) in [6.45, 7) is 0. The van der Waals surface area contributed by atoms with Crippen molar-refractivity contribution in [2.45, 2.75) is 0 Å². The van der Waals surface area contributed by atoms with Gasteiger partial charge in [0.1, 0.15) is 22.3 Å². The van der Waals surface area contributed by atoms with E-state index in [1.807, 2.05) is 48.5 Å². The summed E-state index contributed by atoms with van der Waals surface area (Å²) in [4.78, 5) is 15.5. The second kappa shape index (κ2) is 12.1. The van der Waals surface area contributed by atoms with Gasteiger partial charge in [0.15, 0.2) is 17.5 Å². The molecule has 0 aliphatic carbocycles. The predicted molar refractivity (Wildman–Crippen MR) is 219 cm³/mol. The summed E-state index contributed by atoms with van der Waals surface area (Å²) in [6.07, 6.45) is 0. The molecule has 5 nitrogen and oxygen atoms in total. The van der Waals surface area contributed by atoms with Crippen LogP contribution in [0.2, 0.25) is 0 Å². The molecule has 0 N–H and O–H groups in total. The minimum Gasteiger partial charge on any atom is -0.456 e. The first-order valence-corrected chi connectivity index (χ1v) is 18.0. The number of nitrogens with zero attached hydrogens (tertiary/aromatic N) is 3. The molecule has 5 heteroatoms. The zero-order valence-electron chi connectivity index (χ0n) is 28.9. The zero-order valence-corrected chi connectivity index (χ0v) is 28.9. The molecule has 0 amide bonds. The molecular formula is C49H29N3O2. The molecule has 54 heavy (non-hydrogen) atoms. The summed E-state index contributed by atoms with van der Waals surface area (Å²) in [5.74, 6) is 1.74. The SMILES string of the molecule is c1ccc(-c2ccc(-c3nc(-c4ccc5oc6c7ccccc7ccc6c5c4)nc(-c4cccc5oc6ccc(-c7ccccc7)cc6c45)n3)cc2)cc1. The average Bonchev–Trinajstić information content (AvgIpc) is 3.82. The smallest absolute Gasteiger partial charge is 0.164 e. The molecule has 11 aromatic rings. The number of aromatic nitrogens is 3. The van der Waals surface area contributed by atoms with E-state index < -0.39 is 0 Å². The summed E-state index contributed by atoms with van der Waals surface area (Å²) >= 11 is 0. The molecule has 3 aromatic heterocycles. The molecule has 3 heterocycles. The monoisotopic (exact) mass is 691 g/mol. The third kappa shape index (κ3) is 4.98. The highest BCUT2D eigenvalue weighted by Gasteiger charge is 2.19. The van der Waals surface area contributed by atoms with E-state index in [1.165, 1.54) is 0 Å². The van der Waals surface area contributed by atoms with Crippen LogP contribution in [0.25, 0.3) is 111 Å². The Bertz CT molecular complexity index is 3200. The molecule has 0 aliphatic rings. The van der Waals surface area contributed by atoms with Gasteiger partial charge >= 0.3 is 0 Å². The molecule has 0 bridgehead atoms. The average molecular weight is 692 g/mol. The quantitative estimate of drug-likeness (QED) is 0.180. The van der Waals surface area contributed by atoms with Crippen molar-refractivity contribution in [1.29, 1.82) is 0 Å². The van der Waals surface area contributed by atoms with Gasteiger partial charge in [0.05, 0.1) is 0 Å². The van der Waals surface area contributed by atoms with Crippen LogP contribution in [0.4, 0.5) is 0 Å². The molecule has 0 unspecified atom stereocenters. The van der Waals surface area contributed by atoms with Crippen LogP contribution in [-0.4, -0.2) is 15.0 Å². The first kappa shape index (κ1) is 30.3. The maximum absolute atomic E-state index is 6.45. The second-order valence-electron chi connectivity index (χ2n) is 13.6. The van der Waals surface area contributed by atoms with Gasteiger partial charge < -0.3 is 8.83 Å². The topological polar surface area (TPSA) is 65.0 Å². The predicted octanol–water partition coefficient (Wildman–Crippen LogP) is 13.2. The Morgan fingerprint density at radius 1 is 0.315 bits per heavy atom. The molecule has 0 atom stereocenters. The van der Waals surface area contributed by atoms with Crippen LogP contribution in [0, 0.1) is 0 Å². The molecule has 11 rings (SSSR count). The van der Waals surface area contributed by atoms with E-state index in [9.17, 15) is 0 Å². The lowest BCUT2D eigenvalue weighted by atomic mass is 10.0. The van der Waals surface area contributed by atoms with Crippen LogP contribution < -0.4 is 0 Å². The van der Waals surface area contributed by atoms with Gasteiger partial charge in [0, 0.05) is 43.6 Å². The van der Waals surface area contributed by atoms with Crippen LogP contribution in [0.5, 0.6) is 0 Å². The molecule has 0 aliphatic heterocycles. The third-order valence-corrected chi connectivity index (χ3v) is 10.3. The Balaban J connectivity index is 1.12. The van der Waals surface area contributed by atoms with Crippen LogP contribution in [0.1, 0.15) is 0 Å². The van der Waals surface area contributed by atoms with Crippen molar-refractivity contribution in [3.63, 3.8) is 0 Å². The van der Waals surface area contributed by atoms with Crippen molar-refractivity contribution in [3.05, 3.63) is 176 Å². The van der Waals surface area contributed by atoms with Crippen LogP contribution in [0.15, 0.2) is 185 Å². The fourth-order valence-corrected chi connectivity index (χ4v) is 7.66. The van der Waals surface area contributed by atoms with Gasteiger partial charge in [0.2, 0.25) is 0 Å². The van der Waals surface area contributed by atoms with Gasteiger partial charge in [-0.2, -0.15) is 0 Å². The summed E-state index contributed by atoms with van der Waals surface area (Å²) in [5.41, 5.74) is 10.5. The lowest BCUT2D eigenvalue weighted by molar-refractivity contribution is 0.669. The van der Waals surface area contributed by atoms with Crippen molar-refractivity contribution < 1.29 is 8.83 Å². The lowest BCUT2D eigenvalue weighted by Gasteiger charge is -2.10. The molecular weight excluding hydrogens is 663 g/mol. The number of hydrogen-bond acceptors (Lipinski definition) is 5. The molecule has 8 aromatic carbocycles. The fraction of sp³-hybridized carbons (Fsp3) is 0. The van der Waals surface area contributed by atoms with Gasteiger partial charge in [-0.3, -0.25) is 0 Å². The summed E-state index contributed by atoms with van der Waals surface area (Å²) < 4.78 is 12.9. The molecule has 0 radical (unpaired) electrons. The molecule has 0 spiro atoms. The number of rotatable bonds is 5. The normalized spacial score (nSPS) is 11.7. The summed E-state index contributed by atoms with van der Waals surface area (Å²) in [7, 11) is 0. The van der Waals surface area contributed by atoms with E-state index in [4.69, 9.17) is 23.8 Å². The minimum absolute atomic E-state index is 0.573. The third-order valence-electron chi connectivity index (χ3n) is 10.3. The highest BCUT2D eigenvalue weighted by molar-refractivity contribution is 6.16. The lowest BCUT2D eigenvalue weighted by Crippen LogP contribution is -2.00. The van der Waals surface area contributed by atoms with Crippen molar-refractivity contribution in [1.82, 2.24) is 15.0 Å². The highest BCUT2D eigenvalue weighted by atomic mass is 16.3. The number of furan rings is 2. The van der Waals surface area contributed by atoms with Crippen molar-refractivity contribution in [3.8, 4) is 56.4 Å². The number of fused-ring (bicyclic) bond motifs is 8. The van der Waals surface area contributed by atoms with Gasteiger partial charge in [0.25, 0.3) is 0 Å². The zero-order chi connectivity index (χ0) is 35.6. The number of hydrogen-bond donors (Lipinski definition) is 0. The Hall–Kier alpha value is -7.37. The Morgan fingerprint density at radius 3 is 1.70 bits per heavy atom. The maximum atomic E-state index is 6.45. The van der Waals surface area contributed by atoms with E-state index in [-0.39, 0.29) is 0 Å². The van der Waals surface area contributed by atoms with Gasteiger partial charge in [-0.25, -0.2) is 15.0 Å². The standard InChI is InChI=1S/C49H29N3O2/c1-3-10-30(11-4-1)32-18-20-34(21-19-32)47-50-48(36-24-27-42-40(29-36)38-25-22-33-14-7-8-15-37(33)46(38)54-42)52-49(51-47)39-16-9-17-44-45(39)41-28-35(23-26-43(41)53-44)31-12-5-2-6-13-31/h1-29H. The van der Waals surface area contributed by atoms with Crippen LogP contribution in [0.3, 0.4) is 0 Å². The Labute approximate surface area is 309 Å². The largest absolute Gasteiger partial charge is 0.456 e. The van der Waals surface area contributed by atoms with E-state index >= 15 is 0 Å². The first-order chi connectivity index (χ1) is 26.7. The van der Waals surface area contributed by atoms with Gasteiger partial charge in [-0.15, -0.1) is 0 Å². The number of benzene rings is 8. The maximum Gasteiger partial charge on any atom is 0.164 e. The van der Waals surface area contributed by atoms with Gasteiger partial charge in [-0.1, -0.05) is 133 Å². The summed E-state index contributed by atoms with van der Waals surface area (Å²) in [5, 5.41) is 6.28. The van der Waals surface area contributed by atoms with Crippen LogP contribution in [-0.2, 0) is 0 Å².